The third-order valence-corrected chi connectivity index (χ3v) is 5.62. The highest BCUT2D eigenvalue weighted by Gasteiger charge is 2.39. The summed E-state index contributed by atoms with van der Waals surface area (Å²) in [6.07, 6.45) is -1.41. The Bertz CT molecular complexity index is 1070. The number of aromatic nitrogens is 5. The highest BCUT2D eigenvalue weighted by Crippen LogP contribution is 2.29. The zero-order chi connectivity index (χ0) is 23.5. The molecule has 0 amide bonds. The molecule has 14 heteroatoms. The van der Waals surface area contributed by atoms with E-state index in [1.807, 2.05) is 0 Å². The Morgan fingerprint density at radius 3 is 2.75 bits per heavy atom. The summed E-state index contributed by atoms with van der Waals surface area (Å²) >= 11 is 7.15. The van der Waals surface area contributed by atoms with Gasteiger partial charge in [-0.1, -0.05) is 6.92 Å². The van der Waals surface area contributed by atoms with Crippen LogP contribution in [-0.2, 0) is 19.9 Å². The lowest BCUT2D eigenvalue weighted by Crippen LogP contribution is -2.41. The van der Waals surface area contributed by atoms with Crippen molar-refractivity contribution in [1.29, 1.82) is 0 Å². The van der Waals surface area contributed by atoms with Gasteiger partial charge in [0.25, 0.3) is 0 Å². The molecule has 0 fully saturated rings. The Kier molecular flexibility index (Phi) is 7.59. The molecule has 174 valence electrons. The van der Waals surface area contributed by atoms with Gasteiger partial charge in [0.05, 0.1) is 36.8 Å². The summed E-state index contributed by atoms with van der Waals surface area (Å²) in [6.45, 7) is 2.30. The Hall–Kier alpha value is -2.42. The van der Waals surface area contributed by atoms with Crippen LogP contribution in [0.2, 0.25) is 5.28 Å². The lowest BCUT2D eigenvalue weighted by molar-refractivity contribution is -0.185. The molecule has 5 N–H and O–H groups in total. The van der Waals surface area contributed by atoms with Crippen molar-refractivity contribution in [1.82, 2.24) is 24.5 Å². The second kappa shape index (κ2) is 10.0. The number of anilines is 1. The van der Waals surface area contributed by atoms with Crippen LogP contribution in [0.5, 0.6) is 0 Å². The number of hydrogen-bond acceptors (Lipinski definition) is 11. The van der Waals surface area contributed by atoms with Gasteiger partial charge in [0, 0.05) is 5.38 Å². The second-order valence-corrected chi connectivity index (χ2v) is 8.09. The SMILES string of the molecule is CCC(O)[C@@H](O[C@@H](CO)COC(C)(C(=O)O)c1cscn1)n1cnc2c(N)nc(Cl)nc21. The molecule has 0 spiro atoms. The number of aliphatic hydroxyl groups is 2. The van der Waals surface area contributed by atoms with Crippen LogP contribution in [0.4, 0.5) is 5.82 Å². The first-order valence-electron chi connectivity index (χ1n) is 9.57. The average Bonchev–Trinajstić information content (AvgIpc) is 3.44. The Balaban J connectivity index is 1.86. The molecule has 0 aliphatic heterocycles. The zero-order valence-corrected chi connectivity index (χ0v) is 18.8. The first-order valence-corrected chi connectivity index (χ1v) is 10.9. The topological polar surface area (TPSA) is 179 Å². The van der Waals surface area contributed by atoms with Gasteiger partial charge in [-0.3, -0.25) is 4.57 Å². The first kappa shape index (κ1) is 24.2. The molecule has 12 nitrogen and oxygen atoms in total. The minimum absolute atomic E-state index is 0.0611. The van der Waals surface area contributed by atoms with Crippen LogP contribution in [0.15, 0.2) is 17.2 Å². The molecule has 32 heavy (non-hydrogen) atoms. The number of aliphatic hydroxyl groups excluding tert-OH is 2. The van der Waals surface area contributed by atoms with Gasteiger partial charge >= 0.3 is 5.97 Å². The molecule has 3 aromatic rings. The van der Waals surface area contributed by atoms with Crippen molar-refractivity contribution in [2.75, 3.05) is 18.9 Å². The number of carboxylic acids is 1. The van der Waals surface area contributed by atoms with Crippen molar-refractivity contribution in [2.45, 2.75) is 44.3 Å². The normalized spacial score (nSPS) is 16.5. The van der Waals surface area contributed by atoms with Gasteiger partial charge < -0.3 is 30.5 Å². The largest absolute Gasteiger partial charge is 0.479 e. The van der Waals surface area contributed by atoms with E-state index >= 15 is 0 Å². The third kappa shape index (κ3) is 4.82. The number of halogens is 1. The molecule has 4 atom stereocenters. The molecule has 2 unspecified atom stereocenters. The lowest BCUT2D eigenvalue weighted by atomic mass is 10.0. The number of nitrogen functional groups attached to an aromatic ring is 1. The summed E-state index contributed by atoms with van der Waals surface area (Å²) in [7, 11) is 0. The van der Waals surface area contributed by atoms with Crippen LogP contribution < -0.4 is 5.73 Å². The number of aliphatic carboxylic acids is 1. The Morgan fingerprint density at radius 2 is 2.16 bits per heavy atom. The van der Waals surface area contributed by atoms with Crippen molar-refractivity contribution >= 4 is 45.9 Å². The maximum absolute atomic E-state index is 11.8. The quantitative estimate of drug-likeness (QED) is 0.286. The standard InChI is InChI=1S/C18H23ClN6O6S/c1-3-10(27)15(25-7-21-12-13(20)23-17(19)24-14(12)25)31-9(4-26)5-30-18(2,16(28)29)11-6-32-8-22-11/h6-10,15,26-27H,3-5H2,1-2H3,(H,28,29)(H2,20,23,24)/t9-,10?,15+,18?/m0/s1. The van der Waals surface area contributed by atoms with E-state index in [1.54, 1.807) is 12.3 Å². The van der Waals surface area contributed by atoms with Gasteiger partial charge in [-0.2, -0.15) is 9.97 Å². The van der Waals surface area contributed by atoms with E-state index in [9.17, 15) is 20.1 Å². The maximum Gasteiger partial charge on any atom is 0.342 e. The first-order chi connectivity index (χ1) is 15.2. The minimum atomic E-state index is -1.74. The average molecular weight is 487 g/mol. The third-order valence-electron chi connectivity index (χ3n) is 4.87. The minimum Gasteiger partial charge on any atom is -0.479 e. The number of nitrogens with zero attached hydrogens (tertiary/aromatic N) is 5. The zero-order valence-electron chi connectivity index (χ0n) is 17.3. The molecular weight excluding hydrogens is 464 g/mol. The number of thiazole rings is 1. The molecule has 0 radical (unpaired) electrons. The van der Waals surface area contributed by atoms with E-state index in [0.29, 0.717) is 6.42 Å². The molecular formula is C18H23ClN6O6S. The number of hydrogen-bond donors (Lipinski definition) is 4. The number of rotatable bonds is 11. The lowest BCUT2D eigenvalue weighted by Gasteiger charge is -2.30. The molecule has 3 heterocycles. The predicted octanol–water partition coefficient (Wildman–Crippen LogP) is 1.18. The van der Waals surface area contributed by atoms with E-state index in [0.717, 1.165) is 0 Å². The second-order valence-electron chi connectivity index (χ2n) is 7.03. The number of fused-ring (bicyclic) bond motifs is 1. The molecule has 0 aromatic carbocycles. The molecule has 0 saturated carbocycles. The predicted molar refractivity (Wildman–Crippen MR) is 115 cm³/mol. The summed E-state index contributed by atoms with van der Waals surface area (Å²) in [4.78, 5) is 28.0. The smallest absolute Gasteiger partial charge is 0.342 e. The van der Waals surface area contributed by atoms with Gasteiger partial charge in [0.15, 0.2) is 17.7 Å². The fourth-order valence-electron chi connectivity index (χ4n) is 2.93. The van der Waals surface area contributed by atoms with Gasteiger partial charge in [0.1, 0.15) is 11.6 Å². The molecule has 3 rings (SSSR count). The van der Waals surface area contributed by atoms with Gasteiger partial charge in [-0.25, -0.2) is 14.8 Å². The van der Waals surface area contributed by atoms with Crippen molar-refractivity contribution in [3.63, 3.8) is 0 Å². The van der Waals surface area contributed by atoms with Crippen LogP contribution in [0.3, 0.4) is 0 Å². The number of imidazole rings is 1. The summed E-state index contributed by atoms with van der Waals surface area (Å²) in [5, 5.41) is 31.6. The van der Waals surface area contributed by atoms with Crippen molar-refractivity contribution in [2.24, 2.45) is 0 Å². The fraction of sp³-hybridized carbons (Fsp3) is 0.500. The monoisotopic (exact) mass is 486 g/mol. The van der Waals surface area contributed by atoms with Crippen molar-refractivity contribution in [3.05, 3.63) is 28.2 Å². The number of nitrogens with two attached hydrogens (primary N) is 1. The molecule has 0 bridgehead atoms. The van der Waals surface area contributed by atoms with Crippen LogP contribution >= 0.6 is 22.9 Å². The van der Waals surface area contributed by atoms with Gasteiger partial charge in [-0.05, 0) is 24.9 Å². The number of carboxylic acid groups (broad SMARTS) is 1. The van der Waals surface area contributed by atoms with Crippen LogP contribution in [0.1, 0.15) is 32.2 Å². The van der Waals surface area contributed by atoms with Crippen molar-refractivity contribution < 1.29 is 29.6 Å². The molecule has 3 aromatic heterocycles. The summed E-state index contributed by atoms with van der Waals surface area (Å²) in [6, 6.07) is 0. The van der Waals surface area contributed by atoms with Gasteiger partial charge in [-0.15, -0.1) is 11.3 Å². The highest BCUT2D eigenvalue weighted by molar-refractivity contribution is 7.07. The summed E-state index contributed by atoms with van der Waals surface area (Å²) < 4.78 is 13.0. The van der Waals surface area contributed by atoms with Crippen LogP contribution in [-0.4, -0.2) is 71.2 Å². The van der Waals surface area contributed by atoms with E-state index in [-0.39, 0.29) is 34.6 Å². The molecule has 0 saturated heterocycles. The van der Waals surface area contributed by atoms with E-state index in [1.165, 1.54) is 34.7 Å². The highest BCUT2D eigenvalue weighted by atomic mass is 35.5. The van der Waals surface area contributed by atoms with E-state index in [2.05, 4.69) is 19.9 Å². The Labute approximate surface area is 191 Å². The fourth-order valence-corrected chi connectivity index (χ4v) is 3.75. The van der Waals surface area contributed by atoms with E-state index < -0.39 is 36.6 Å². The van der Waals surface area contributed by atoms with Crippen molar-refractivity contribution in [3.8, 4) is 0 Å². The number of ether oxygens (including phenoxy) is 2. The Morgan fingerprint density at radius 1 is 1.41 bits per heavy atom. The number of carbonyl (C=O) groups is 1. The molecule has 0 aliphatic carbocycles. The van der Waals surface area contributed by atoms with Gasteiger partial charge in [0.2, 0.25) is 10.9 Å². The molecule has 0 aliphatic rings. The van der Waals surface area contributed by atoms with Crippen LogP contribution in [0, 0.1) is 0 Å². The summed E-state index contributed by atoms with van der Waals surface area (Å²) in [5.41, 5.74) is 6.32. The van der Waals surface area contributed by atoms with E-state index in [4.69, 9.17) is 26.8 Å². The summed E-state index contributed by atoms with van der Waals surface area (Å²) in [5.74, 6) is -1.18. The van der Waals surface area contributed by atoms with Crippen LogP contribution in [0.25, 0.3) is 11.2 Å². The maximum atomic E-state index is 11.8.